The van der Waals surface area contributed by atoms with E-state index in [1.807, 2.05) is 24.3 Å². The highest BCUT2D eigenvalue weighted by molar-refractivity contribution is 7.90. The number of nitrogens with zero attached hydrogens (tertiary/aromatic N) is 1. The summed E-state index contributed by atoms with van der Waals surface area (Å²) in [6.07, 6.45) is 3.59. The third-order valence-corrected chi connectivity index (χ3v) is 6.97. The van der Waals surface area contributed by atoms with E-state index in [0.717, 1.165) is 42.6 Å². The van der Waals surface area contributed by atoms with E-state index in [0.29, 0.717) is 10.9 Å². The minimum absolute atomic E-state index is 0.0407. The topological polar surface area (TPSA) is 74.8 Å². The average Bonchev–Trinajstić information content (AvgIpc) is 3.05. The van der Waals surface area contributed by atoms with E-state index in [9.17, 15) is 8.42 Å². The van der Waals surface area contributed by atoms with Crippen molar-refractivity contribution in [1.29, 1.82) is 0 Å². The summed E-state index contributed by atoms with van der Waals surface area (Å²) in [5.74, 6) is 0.389. The van der Waals surface area contributed by atoms with E-state index in [1.54, 1.807) is 13.8 Å². The molecule has 136 valence electrons. The molecule has 1 aromatic heterocycles. The summed E-state index contributed by atoms with van der Waals surface area (Å²) in [7, 11) is -3.20. The molecular weight excluding hydrogens is 358 g/mol. The Balaban J connectivity index is 1.62. The number of aromatic nitrogens is 2. The van der Waals surface area contributed by atoms with Crippen LogP contribution in [0.3, 0.4) is 0 Å². The van der Waals surface area contributed by atoms with Gasteiger partial charge in [0.1, 0.15) is 0 Å². The first-order valence-electron chi connectivity index (χ1n) is 8.67. The van der Waals surface area contributed by atoms with Crippen LogP contribution in [0.25, 0.3) is 11.3 Å². The van der Waals surface area contributed by atoms with Gasteiger partial charge in [-0.25, -0.2) is 13.1 Å². The molecule has 3 rings (SSSR count). The Morgan fingerprint density at radius 1 is 1.20 bits per heavy atom. The molecule has 0 amide bonds. The second-order valence-corrected chi connectivity index (χ2v) is 9.68. The fourth-order valence-electron chi connectivity index (χ4n) is 3.23. The van der Waals surface area contributed by atoms with Gasteiger partial charge in [-0.05, 0) is 57.7 Å². The van der Waals surface area contributed by atoms with Crippen molar-refractivity contribution in [3.05, 3.63) is 41.0 Å². The molecule has 1 aromatic carbocycles. The van der Waals surface area contributed by atoms with E-state index >= 15 is 0 Å². The second kappa shape index (κ2) is 7.48. The smallest absolute Gasteiger partial charge is 0.214 e. The lowest BCUT2D eigenvalue weighted by atomic mass is 9.84. The molecule has 1 fully saturated rings. The lowest BCUT2D eigenvalue weighted by molar-refractivity contribution is 0.369. The number of rotatable bonds is 5. The number of aromatic amines is 1. The molecular formula is C18H24ClN3O2S. The number of benzene rings is 1. The molecule has 0 radical (unpaired) electrons. The van der Waals surface area contributed by atoms with Crippen molar-refractivity contribution in [3.63, 3.8) is 0 Å². The molecule has 7 heteroatoms. The quantitative estimate of drug-likeness (QED) is 0.819. The maximum absolute atomic E-state index is 12.0. The van der Waals surface area contributed by atoms with Crippen LogP contribution in [0, 0.1) is 0 Å². The van der Waals surface area contributed by atoms with E-state index in [4.69, 9.17) is 11.6 Å². The van der Waals surface area contributed by atoms with Crippen molar-refractivity contribution < 1.29 is 8.42 Å². The van der Waals surface area contributed by atoms with Crippen LogP contribution in [-0.4, -0.2) is 29.9 Å². The predicted octanol–water partition coefficient (Wildman–Crippen LogP) is 4.08. The fourth-order valence-corrected chi connectivity index (χ4v) is 4.39. The van der Waals surface area contributed by atoms with E-state index in [-0.39, 0.29) is 6.04 Å². The summed E-state index contributed by atoms with van der Waals surface area (Å²) in [4.78, 5) is 0. The zero-order valence-electron chi connectivity index (χ0n) is 14.5. The molecule has 2 aromatic rings. The Bertz CT molecular complexity index is 824. The van der Waals surface area contributed by atoms with Gasteiger partial charge in [0.05, 0.1) is 10.9 Å². The Kier molecular flexibility index (Phi) is 5.51. The number of hydrogen-bond donors (Lipinski definition) is 2. The Morgan fingerprint density at radius 2 is 1.92 bits per heavy atom. The van der Waals surface area contributed by atoms with Gasteiger partial charge in [-0.2, -0.15) is 5.10 Å². The summed E-state index contributed by atoms with van der Waals surface area (Å²) >= 11 is 6.05. The summed E-state index contributed by atoms with van der Waals surface area (Å²) in [6.45, 7) is 3.41. The normalized spacial score (nSPS) is 21.6. The van der Waals surface area contributed by atoms with Gasteiger partial charge >= 0.3 is 0 Å². The second-order valence-electron chi connectivity index (χ2n) is 6.98. The molecule has 0 aliphatic heterocycles. The molecule has 0 saturated heterocycles. The summed E-state index contributed by atoms with van der Waals surface area (Å²) in [5.41, 5.74) is 2.99. The lowest BCUT2D eigenvalue weighted by Gasteiger charge is -2.28. The van der Waals surface area contributed by atoms with Crippen LogP contribution in [0.15, 0.2) is 30.3 Å². The average molecular weight is 382 g/mol. The van der Waals surface area contributed by atoms with Gasteiger partial charge in [-0.1, -0.05) is 23.7 Å². The van der Waals surface area contributed by atoms with Crippen LogP contribution in [0.2, 0.25) is 5.02 Å². The van der Waals surface area contributed by atoms with Crippen LogP contribution in [0.1, 0.15) is 51.1 Å². The standard InChI is InChI=1S/C18H24ClN3O2S/c1-12(2)25(23,24)22-16-8-6-13(7-9-16)17-11-18(21-20-17)14-4-3-5-15(19)10-14/h3-5,10-13,16,22H,6-9H2,1-2H3,(H,20,21). The number of H-pyrrole nitrogens is 1. The monoisotopic (exact) mass is 381 g/mol. The third kappa shape index (κ3) is 4.43. The maximum atomic E-state index is 12.0. The molecule has 0 bridgehead atoms. The van der Waals surface area contributed by atoms with Gasteiger partial charge in [0.15, 0.2) is 0 Å². The van der Waals surface area contributed by atoms with Gasteiger partial charge in [-0.15, -0.1) is 0 Å². The number of nitrogens with one attached hydrogen (secondary N) is 2. The molecule has 25 heavy (non-hydrogen) atoms. The highest BCUT2D eigenvalue weighted by Gasteiger charge is 2.27. The molecule has 0 unspecified atom stereocenters. The van der Waals surface area contributed by atoms with Gasteiger partial charge in [0, 0.05) is 28.2 Å². The zero-order valence-corrected chi connectivity index (χ0v) is 16.1. The van der Waals surface area contributed by atoms with Crippen molar-refractivity contribution >= 4 is 21.6 Å². The fraction of sp³-hybridized carbons (Fsp3) is 0.500. The summed E-state index contributed by atoms with van der Waals surface area (Å²) in [6, 6.07) is 9.77. The molecule has 0 atom stereocenters. The van der Waals surface area contributed by atoms with Crippen LogP contribution in [0.5, 0.6) is 0 Å². The minimum atomic E-state index is -3.20. The maximum Gasteiger partial charge on any atom is 0.214 e. The van der Waals surface area contributed by atoms with E-state index in [2.05, 4.69) is 21.0 Å². The molecule has 2 N–H and O–H groups in total. The summed E-state index contributed by atoms with van der Waals surface area (Å²) in [5, 5.41) is 7.86. The molecule has 5 nitrogen and oxygen atoms in total. The van der Waals surface area contributed by atoms with E-state index in [1.165, 1.54) is 0 Å². The zero-order chi connectivity index (χ0) is 18.0. The van der Waals surface area contributed by atoms with E-state index < -0.39 is 15.3 Å². The molecule has 1 saturated carbocycles. The minimum Gasteiger partial charge on any atom is -0.282 e. The first-order chi connectivity index (χ1) is 11.8. The van der Waals surface area contributed by atoms with Crippen molar-refractivity contribution in [2.75, 3.05) is 0 Å². The van der Waals surface area contributed by atoms with Crippen molar-refractivity contribution in [1.82, 2.24) is 14.9 Å². The lowest BCUT2D eigenvalue weighted by Crippen LogP contribution is -2.40. The SMILES string of the molecule is CC(C)S(=O)(=O)NC1CCC(c2cc(-c3cccc(Cl)c3)n[nH]2)CC1. The van der Waals surface area contributed by atoms with Crippen LogP contribution in [0.4, 0.5) is 0 Å². The van der Waals surface area contributed by atoms with Crippen molar-refractivity contribution in [2.45, 2.75) is 56.7 Å². The van der Waals surface area contributed by atoms with Gasteiger partial charge in [-0.3, -0.25) is 5.10 Å². The van der Waals surface area contributed by atoms with Crippen LogP contribution >= 0.6 is 11.6 Å². The molecule has 0 spiro atoms. The first kappa shape index (κ1) is 18.4. The van der Waals surface area contributed by atoms with Crippen LogP contribution < -0.4 is 4.72 Å². The number of halogens is 1. The van der Waals surface area contributed by atoms with Crippen molar-refractivity contribution in [3.8, 4) is 11.3 Å². The Hall–Kier alpha value is -1.37. The molecule has 1 aliphatic carbocycles. The van der Waals surface area contributed by atoms with Crippen LogP contribution in [-0.2, 0) is 10.0 Å². The first-order valence-corrected chi connectivity index (χ1v) is 10.6. The highest BCUT2D eigenvalue weighted by atomic mass is 35.5. The van der Waals surface area contributed by atoms with Gasteiger partial charge in [0.2, 0.25) is 10.0 Å². The Labute approximate surface area is 154 Å². The largest absolute Gasteiger partial charge is 0.282 e. The van der Waals surface area contributed by atoms with Gasteiger partial charge < -0.3 is 0 Å². The summed E-state index contributed by atoms with van der Waals surface area (Å²) < 4.78 is 26.8. The molecule has 1 heterocycles. The Morgan fingerprint density at radius 3 is 2.56 bits per heavy atom. The number of sulfonamides is 1. The molecule has 1 aliphatic rings. The highest BCUT2D eigenvalue weighted by Crippen LogP contribution is 2.34. The predicted molar refractivity (Wildman–Crippen MR) is 101 cm³/mol. The third-order valence-electron chi connectivity index (χ3n) is 4.84. The van der Waals surface area contributed by atoms with Crippen molar-refractivity contribution in [2.24, 2.45) is 0 Å². The van der Waals surface area contributed by atoms with Gasteiger partial charge in [0.25, 0.3) is 0 Å². The number of hydrogen-bond acceptors (Lipinski definition) is 3.